The van der Waals surface area contributed by atoms with E-state index in [4.69, 9.17) is 9.97 Å². The van der Waals surface area contributed by atoms with E-state index in [1.807, 2.05) is 38.1 Å². The number of hydrogen-bond donors (Lipinski definition) is 2. The first-order valence-electron chi connectivity index (χ1n) is 17.6. The molecule has 8 aromatic rings. The largest absolute Gasteiger partial charge is 0.349 e. The maximum absolute atomic E-state index is 13.6. The molecule has 9 rings (SSSR count). The van der Waals surface area contributed by atoms with Crippen LogP contribution in [-0.4, -0.2) is 74.0 Å². The van der Waals surface area contributed by atoms with Crippen molar-refractivity contribution < 1.29 is 9.59 Å². The van der Waals surface area contributed by atoms with Crippen molar-refractivity contribution in [3.05, 3.63) is 94.6 Å². The molecular weight excluding hydrogens is 689 g/mol. The van der Waals surface area contributed by atoms with Gasteiger partial charge in [-0.15, -0.1) is 10.2 Å². The van der Waals surface area contributed by atoms with Crippen LogP contribution in [-0.2, 0) is 26.2 Å². The van der Waals surface area contributed by atoms with Crippen LogP contribution in [0.5, 0.6) is 0 Å². The predicted molar refractivity (Wildman–Crippen MR) is 202 cm³/mol. The molecule has 0 spiro atoms. The Kier molecular flexibility index (Phi) is 7.95. The molecule has 0 fully saturated rings. The summed E-state index contributed by atoms with van der Waals surface area (Å²) in [7, 11) is 0. The van der Waals surface area contributed by atoms with Gasteiger partial charge >= 0.3 is 0 Å². The van der Waals surface area contributed by atoms with Crippen LogP contribution in [0.4, 0.5) is 0 Å². The van der Waals surface area contributed by atoms with Crippen LogP contribution in [0.3, 0.4) is 0 Å². The van der Waals surface area contributed by atoms with Gasteiger partial charge in [0.05, 0.1) is 24.1 Å². The Morgan fingerprint density at radius 1 is 0.660 bits per heavy atom. The molecule has 14 nitrogen and oxygen atoms in total. The van der Waals surface area contributed by atoms with Crippen molar-refractivity contribution >= 4 is 67.4 Å². The van der Waals surface area contributed by atoms with E-state index < -0.39 is 0 Å². The Bertz CT molecular complexity index is 2580. The molecule has 0 unspecified atom stereocenters. The maximum atomic E-state index is 13.6. The minimum atomic E-state index is -0.350. The highest BCUT2D eigenvalue weighted by molar-refractivity contribution is 7.99. The number of pyridine rings is 2. The van der Waals surface area contributed by atoms with Gasteiger partial charge in [-0.1, -0.05) is 46.8 Å². The number of hydrogen-bond acceptors (Lipinski definition) is 9. The Morgan fingerprint density at radius 2 is 1.09 bits per heavy atom. The minimum absolute atomic E-state index is 0.187. The lowest BCUT2D eigenvalue weighted by Gasteiger charge is -2.10. The number of aryl methyl sites for hydroxylation is 6. The van der Waals surface area contributed by atoms with Gasteiger partial charge in [0.15, 0.2) is 11.4 Å². The van der Waals surface area contributed by atoms with Crippen LogP contribution in [0.15, 0.2) is 70.7 Å². The van der Waals surface area contributed by atoms with Gasteiger partial charge < -0.3 is 19.8 Å². The molecular formula is C38H36N12O2S. The molecule has 0 bridgehead atoms. The lowest BCUT2D eigenvalue weighted by Crippen LogP contribution is -2.28. The molecule has 0 saturated heterocycles. The molecule has 15 heteroatoms. The van der Waals surface area contributed by atoms with Crippen molar-refractivity contribution in [3.8, 4) is 0 Å². The van der Waals surface area contributed by atoms with E-state index >= 15 is 0 Å². The molecule has 0 radical (unpaired) electrons. The molecule has 2 aromatic carbocycles. The summed E-state index contributed by atoms with van der Waals surface area (Å²) >= 11 is 1.23. The van der Waals surface area contributed by atoms with Gasteiger partial charge in [-0.25, -0.2) is 19.3 Å². The van der Waals surface area contributed by atoms with Gasteiger partial charge in [-0.2, -0.15) is 0 Å². The van der Waals surface area contributed by atoms with Gasteiger partial charge in [0.1, 0.15) is 21.3 Å². The third-order valence-corrected chi connectivity index (χ3v) is 11.1. The summed E-state index contributed by atoms with van der Waals surface area (Å²) in [6, 6.07) is 20.7. The quantitative estimate of drug-likeness (QED) is 0.217. The molecule has 6 aromatic heterocycles. The Balaban J connectivity index is 0.913. The third kappa shape index (κ3) is 5.50. The fourth-order valence-corrected chi connectivity index (χ4v) is 8.72. The highest BCUT2D eigenvalue weighted by Gasteiger charge is 2.29. The standard InChI is InChI=1S/C38H36N12O2S/c1-21-19-23(3)41-33-29(21)25-9-5-7-11-27(25)47(33)15-13-39-35(51)31-37-49(45-43-31)17-18-50-38(53-37)32(44-46-50)36(52)40-14-16-48-28-12-8-6-10-26(28)30-22(2)20-24(4)42-34(30)48/h5-12,19-20H,13-18H2,1-4H3,(H,39,51)(H,40,52). The van der Waals surface area contributed by atoms with Crippen molar-refractivity contribution in [2.45, 2.75) is 63.9 Å². The molecule has 1 aliphatic rings. The van der Waals surface area contributed by atoms with Crippen LogP contribution in [0.1, 0.15) is 43.5 Å². The molecule has 0 aliphatic carbocycles. The minimum Gasteiger partial charge on any atom is -0.349 e. The SMILES string of the molecule is Cc1cc(C)c2c3ccccc3n(CCNC(=O)c3nnn4c3Sc3c(C(=O)NCCn5c6ccccc6c6c(C)cc(C)nc65)nnn3CC4)c2n1. The maximum Gasteiger partial charge on any atom is 0.274 e. The number of carbonyl (C=O) groups is 2. The summed E-state index contributed by atoms with van der Waals surface area (Å²) in [6.07, 6.45) is 0. The summed E-state index contributed by atoms with van der Waals surface area (Å²) in [5, 5.41) is 28.7. The molecule has 0 saturated carbocycles. The highest BCUT2D eigenvalue weighted by atomic mass is 32.2. The average Bonchev–Trinajstić information content (AvgIpc) is 3.87. The van der Waals surface area contributed by atoms with Crippen molar-refractivity contribution in [1.29, 1.82) is 0 Å². The molecule has 2 amide bonds. The van der Waals surface area contributed by atoms with Gasteiger partial charge in [-0.05, 0) is 74.8 Å². The molecule has 2 N–H and O–H groups in total. The van der Waals surface area contributed by atoms with E-state index in [9.17, 15) is 9.59 Å². The van der Waals surface area contributed by atoms with Crippen LogP contribution in [0.25, 0.3) is 43.9 Å². The number of nitrogens with one attached hydrogen (secondary N) is 2. The molecule has 53 heavy (non-hydrogen) atoms. The molecule has 0 atom stereocenters. The number of amides is 2. The van der Waals surface area contributed by atoms with Gasteiger partial charge in [-0.3, -0.25) is 9.59 Å². The smallest absolute Gasteiger partial charge is 0.274 e. The van der Waals surface area contributed by atoms with E-state index in [0.717, 1.165) is 55.3 Å². The van der Waals surface area contributed by atoms with Crippen LogP contribution in [0, 0.1) is 27.7 Å². The van der Waals surface area contributed by atoms with Crippen LogP contribution >= 0.6 is 11.8 Å². The van der Waals surface area contributed by atoms with Gasteiger partial charge in [0, 0.05) is 59.1 Å². The number of aromatic nitrogens is 10. The second-order valence-corrected chi connectivity index (χ2v) is 14.4. The number of fused-ring (bicyclic) bond motifs is 8. The lowest BCUT2D eigenvalue weighted by molar-refractivity contribution is 0.0936. The first kappa shape index (κ1) is 32.8. The number of carbonyl (C=O) groups excluding carboxylic acids is 2. The van der Waals surface area contributed by atoms with E-state index in [1.54, 1.807) is 9.36 Å². The monoisotopic (exact) mass is 724 g/mol. The van der Waals surface area contributed by atoms with Gasteiger partial charge in [0.25, 0.3) is 11.8 Å². The summed E-state index contributed by atoms with van der Waals surface area (Å²) in [6.45, 7) is 10.8. The van der Waals surface area contributed by atoms with E-state index in [2.05, 4.69) is 90.6 Å². The van der Waals surface area contributed by atoms with E-state index in [1.165, 1.54) is 22.9 Å². The topological polar surface area (TPSA) is 155 Å². The first-order valence-corrected chi connectivity index (χ1v) is 18.4. The number of nitrogens with zero attached hydrogens (tertiary/aromatic N) is 10. The van der Waals surface area contributed by atoms with Crippen molar-refractivity contribution in [1.82, 2.24) is 59.7 Å². The van der Waals surface area contributed by atoms with Crippen LogP contribution < -0.4 is 10.6 Å². The normalized spacial score (nSPS) is 12.8. The van der Waals surface area contributed by atoms with Gasteiger partial charge in [0.2, 0.25) is 0 Å². The van der Waals surface area contributed by atoms with Crippen LogP contribution in [0.2, 0.25) is 0 Å². The highest BCUT2D eigenvalue weighted by Crippen LogP contribution is 2.35. The fraction of sp³-hybridized carbons (Fsp3) is 0.263. The number of benzene rings is 2. The summed E-state index contributed by atoms with van der Waals surface area (Å²) in [5.41, 5.74) is 8.52. The molecule has 266 valence electrons. The van der Waals surface area contributed by atoms with Crippen molar-refractivity contribution in [3.63, 3.8) is 0 Å². The summed E-state index contributed by atoms with van der Waals surface area (Å²) < 4.78 is 7.66. The number of para-hydroxylation sites is 2. The second-order valence-electron chi connectivity index (χ2n) is 13.4. The lowest BCUT2D eigenvalue weighted by atomic mass is 10.1. The number of rotatable bonds is 8. The zero-order valence-electron chi connectivity index (χ0n) is 29.7. The average molecular weight is 725 g/mol. The van der Waals surface area contributed by atoms with Crippen molar-refractivity contribution in [2.24, 2.45) is 0 Å². The van der Waals surface area contributed by atoms with E-state index in [-0.39, 0.29) is 23.2 Å². The Morgan fingerprint density at radius 3 is 1.55 bits per heavy atom. The first-order chi connectivity index (χ1) is 25.8. The third-order valence-electron chi connectivity index (χ3n) is 9.86. The summed E-state index contributed by atoms with van der Waals surface area (Å²) in [4.78, 5) is 37.0. The molecule has 1 aliphatic heterocycles. The van der Waals surface area contributed by atoms with Crippen molar-refractivity contribution in [2.75, 3.05) is 13.1 Å². The van der Waals surface area contributed by atoms with E-state index in [0.29, 0.717) is 49.3 Å². The Hall–Kier alpha value is -6.09. The zero-order valence-corrected chi connectivity index (χ0v) is 30.5. The zero-order chi connectivity index (χ0) is 36.4. The fourth-order valence-electron chi connectivity index (χ4n) is 7.61. The molecule has 7 heterocycles. The predicted octanol–water partition coefficient (Wildman–Crippen LogP) is 5.13. The summed E-state index contributed by atoms with van der Waals surface area (Å²) in [5.74, 6) is -0.700. The second kappa shape index (κ2) is 12.8. The Labute approximate surface area is 307 Å².